The minimum atomic E-state index is -0.125. The van der Waals surface area contributed by atoms with E-state index >= 15 is 0 Å². The summed E-state index contributed by atoms with van der Waals surface area (Å²) in [7, 11) is 1.92. The van der Waals surface area contributed by atoms with Crippen LogP contribution < -0.4 is 0 Å². The number of carbonyl (C=O) groups is 1. The molecule has 6 heteroatoms. The number of amides is 1. The quantitative estimate of drug-likeness (QED) is 0.872. The van der Waals surface area contributed by atoms with Gasteiger partial charge in [0.15, 0.2) is 5.76 Å². The van der Waals surface area contributed by atoms with Crippen molar-refractivity contribution in [2.24, 2.45) is 7.05 Å². The van der Waals surface area contributed by atoms with Crippen LogP contribution in [0.1, 0.15) is 46.2 Å². The molecule has 0 aliphatic carbocycles. The van der Waals surface area contributed by atoms with Gasteiger partial charge < -0.3 is 14.1 Å². The van der Waals surface area contributed by atoms with Crippen LogP contribution in [-0.4, -0.2) is 40.3 Å². The lowest BCUT2D eigenvalue weighted by molar-refractivity contribution is -0.00467. The Bertz CT molecular complexity index is 717. The van der Waals surface area contributed by atoms with Gasteiger partial charge in [-0.1, -0.05) is 6.92 Å². The fraction of sp³-hybridized carbons (Fsp3) is 0.529. The van der Waals surface area contributed by atoms with Crippen molar-refractivity contribution in [2.75, 3.05) is 19.8 Å². The van der Waals surface area contributed by atoms with Crippen LogP contribution in [0.2, 0.25) is 0 Å². The third kappa shape index (κ3) is 2.79. The Hall–Kier alpha value is -2.08. The van der Waals surface area contributed by atoms with E-state index in [2.05, 4.69) is 5.10 Å². The topological polar surface area (TPSA) is 60.5 Å². The fourth-order valence-electron chi connectivity index (χ4n) is 3.18. The standard InChI is InChI=1S/C17H23N3O3/c1-5-13-6-7-15(23-13)17(21)20-8-9-22-10-14(20)16-11(2)18-19(4)12(16)3/h6-7,14H,5,8-10H2,1-4H3. The molecule has 1 fully saturated rings. The average molecular weight is 317 g/mol. The first-order chi connectivity index (χ1) is 11.0. The minimum absolute atomic E-state index is 0.0827. The lowest BCUT2D eigenvalue weighted by Crippen LogP contribution is -2.43. The summed E-state index contributed by atoms with van der Waals surface area (Å²) in [6, 6.07) is 3.50. The van der Waals surface area contributed by atoms with E-state index in [0.29, 0.717) is 25.5 Å². The van der Waals surface area contributed by atoms with Gasteiger partial charge in [0.1, 0.15) is 5.76 Å². The molecule has 1 saturated heterocycles. The number of aromatic nitrogens is 2. The number of ether oxygens (including phenoxy) is 1. The van der Waals surface area contributed by atoms with Crippen molar-refractivity contribution in [3.63, 3.8) is 0 Å². The molecule has 1 unspecified atom stereocenters. The number of nitrogens with zero attached hydrogens (tertiary/aromatic N) is 3. The molecule has 1 atom stereocenters. The molecule has 0 spiro atoms. The maximum absolute atomic E-state index is 12.9. The molecular formula is C17H23N3O3. The zero-order valence-corrected chi connectivity index (χ0v) is 14.1. The molecule has 3 rings (SSSR count). The number of carbonyl (C=O) groups excluding carboxylic acids is 1. The predicted octanol–water partition coefficient (Wildman–Crippen LogP) is 2.41. The molecular weight excluding hydrogens is 294 g/mol. The van der Waals surface area contributed by atoms with Gasteiger partial charge in [-0.05, 0) is 26.0 Å². The van der Waals surface area contributed by atoms with Crippen molar-refractivity contribution < 1.29 is 13.9 Å². The molecule has 2 aromatic rings. The van der Waals surface area contributed by atoms with Crippen molar-refractivity contribution in [3.8, 4) is 0 Å². The van der Waals surface area contributed by atoms with Crippen LogP contribution in [0.15, 0.2) is 16.5 Å². The average Bonchev–Trinajstić information content (AvgIpc) is 3.12. The Kier molecular flexibility index (Phi) is 4.26. The van der Waals surface area contributed by atoms with E-state index in [1.54, 1.807) is 6.07 Å². The SMILES string of the molecule is CCc1ccc(C(=O)N2CCOCC2c2c(C)nn(C)c2C)o1. The maximum atomic E-state index is 12.9. The lowest BCUT2D eigenvalue weighted by atomic mass is 10.0. The highest BCUT2D eigenvalue weighted by molar-refractivity contribution is 5.92. The molecule has 6 nitrogen and oxygen atoms in total. The normalized spacial score (nSPS) is 18.4. The van der Waals surface area contributed by atoms with Crippen LogP contribution in [0, 0.1) is 13.8 Å². The number of hydrogen-bond donors (Lipinski definition) is 0. The Morgan fingerprint density at radius 1 is 1.39 bits per heavy atom. The van der Waals surface area contributed by atoms with E-state index in [4.69, 9.17) is 9.15 Å². The summed E-state index contributed by atoms with van der Waals surface area (Å²) in [5.74, 6) is 1.14. The second kappa shape index (κ2) is 6.20. The van der Waals surface area contributed by atoms with Crippen molar-refractivity contribution in [1.29, 1.82) is 0 Å². The molecule has 23 heavy (non-hydrogen) atoms. The summed E-state index contributed by atoms with van der Waals surface area (Å²) in [5, 5.41) is 4.47. The Morgan fingerprint density at radius 2 is 2.17 bits per heavy atom. The first-order valence-electron chi connectivity index (χ1n) is 8.00. The Labute approximate surface area is 136 Å². The largest absolute Gasteiger partial charge is 0.456 e. The minimum Gasteiger partial charge on any atom is -0.456 e. The number of aryl methyl sites for hydroxylation is 3. The molecule has 0 radical (unpaired) electrons. The summed E-state index contributed by atoms with van der Waals surface area (Å²) < 4.78 is 13.1. The van der Waals surface area contributed by atoms with Crippen molar-refractivity contribution in [3.05, 3.63) is 40.6 Å². The highest BCUT2D eigenvalue weighted by Crippen LogP contribution is 2.30. The smallest absolute Gasteiger partial charge is 0.290 e. The van der Waals surface area contributed by atoms with Gasteiger partial charge in [0.2, 0.25) is 0 Å². The van der Waals surface area contributed by atoms with E-state index in [0.717, 1.165) is 29.1 Å². The van der Waals surface area contributed by atoms with Crippen LogP contribution in [0.25, 0.3) is 0 Å². The monoisotopic (exact) mass is 317 g/mol. The van der Waals surface area contributed by atoms with Gasteiger partial charge in [-0.3, -0.25) is 9.48 Å². The van der Waals surface area contributed by atoms with Gasteiger partial charge in [0.05, 0.1) is 24.9 Å². The first-order valence-corrected chi connectivity index (χ1v) is 8.00. The molecule has 0 aromatic carbocycles. The molecule has 0 N–H and O–H groups in total. The van der Waals surface area contributed by atoms with Gasteiger partial charge in [-0.25, -0.2) is 0 Å². The number of hydrogen-bond acceptors (Lipinski definition) is 4. The summed E-state index contributed by atoms with van der Waals surface area (Å²) in [5.41, 5.74) is 3.07. The Morgan fingerprint density at radius 3 is 2.78 bits per heavy atom. The van der Waals surface area contributed by atoms with Crippen molar-refractivity contribution in [2.45, 2.75) is 33.2 Å². The van der Waals surface area contributed by atoms with Crippen molar-refractivity contribution in [1.82, 2.24) is 14.7 Å². The molecule has 124 valence electrons. The zero-order chi connectivity index (χ0) is 16.6. The molecule has 2 aromatic heterocycles. The number of morpholine rings is 1. The maximum Gasteiger partial charge on any atom is 0.290 e. The first kappa shape index (κ1) is 15.8. The van der Waals surface area contributed by atoms with Gasteiger partial charge in [0.25, 0.3) is 5.91 Å². The summed E-state index contributed by atoms with van der Waals surface area (Å²) >= 11 is 0. The highest BCUT2D eigenvalue weighted by atomic mass is 16.5. The van der Waals surface area contributed by atoms with Gasteiger partial charge in [-0.15, -0.1) is 0 Å². The zero-order valence-electron chi connectivity index (χ0n) is 14.1. The fourth-order valence-corrected chi connectivity index (χ4v) is 3.18. The molecule has 1 aliphatic rings. The second-order valence-electron chi connectivity index (χ2n) is 5.92. The summed E-state index contributed by atoms with van der Waals surface area (Å²) in [6.45, 7) is 7.59. The molecule has 3 heterocycles. The van der Waals surface area contributed by atoms with Gasteiger partial charge in [0, 0.05) is 31.3 Å². The van der Waals surface area contributed by atoms with E-state index in [1.165, 1.54) is 0 Å². The second-order valence-corrected chi connectivity index (χ2v) is 5.92. The highest BCUT2D eigenvalue weighted by Gasteiger charge is 2.34. The van der Waals surface area contributed by atoms with Crippen molar-refractivity contribution >= 4 is 5.91 Å². The number of furan rings is 1. The van der Waals surface area contributed by atoms with Crippen LogP contribution in [-0.2, 0) is 18.2 Å². The molecule has 0 saturated carbocycles. The Balaban J connectivity index is 1.94. The van der Waals surface area contributed by atoms with Crippen LogP contribution in [0.3, 0.4) is 0 Å². The predicted molar refractivity (Wildman–Crippen MR) is 85.4 cm³/mol. The van der Waals surface area contributed by atoms with Gasteiger partial charge in [-0.2, -0.15) is 5.10 Å². The lowest BCUT2D eigenvalue weighted by Gasteiger charge is -2.35. The third-order valence-electron chi connectivity index (χ3n) is 4.51. The molecule has 1 amide bonds. The molecule has 1 aliphatic heterocycles. The van der Waals surface area contributed by atoms with Gasteiger partial charge >= 0.3 is 0 Å². The van der Waals surface area contributed by atoms with E-state index in [9.17, 15) is 4.79 Å². The van der Waals surface area contributed by atoms with Crippen LogP contribution in [0.4, 0.5) is 0 Å². The van der Waals surface area contributed by atoms with Crippen LogP contribution >= 0.6 is 0 Å². The van der Waals surface area contributed by atoms with E-state index in [-0.39, 0.29) is 11.9 Å². The molecule has 0 bridgehead atoms. The van der Waals surface area contributed by atoms with E-state index < -0.39 is 0 Å². The number of rotatable bonds is 3. The summed E-state index contributed by atoms with van der Waals surface area (Å²) in [6.07, 6.45) is 0.778. The third-order valence-corrected chi connectivity index (χ3v) is 4.51. The van der Waals surface area contributed by atoms with Crippen LogP contribution in [0.5, 0.6) is 0 Å². The van der Waals surface area contributed by atoms with E-state index in [1.807, 2.05) is 43.5 Å². The summed E-state index contributed by atoms with van der Waals surface area (Å²) in [4.78, 5) is 14.7.